The molecule has 3 amide bonds. The lowest BCUT2D eigenvalue weighted by Gasteiger charge is -2.23. The SMILES string of the molecule is CCCCCCCCCCCCCCCC(=O)CC(CCCCN)CN1CC(=O)N(CCCC)C1=O. The maximum atomic E-state index is 12.7. The molecule has 1 heterocycles. The highest BCUT2D eigenvalue weighted by atomic mass is 16.2. The molecule has 0 aromatic carbocycles. The molecule has 0 aromatic heterocycles. The minimum atomic E-state index is -0.179. The van der Waals surface area contributed by atoms with Crippen LogP contribution in [0.1, 0.15) is 142 Å². The van der Waals surface area contributed by atoms with Crippen molar-refractivity contribution in [2.75, 3.05) is 26.2 Å². The number of nitrogens with two attached hydrogens (primary N) is 1. The van der Waals surface area contributed by atoms with Crippen LogP contribution in [0.3, 0.4) is 0 Å². The minimum Gasteiger partial charge on any atom is -0.330 e. The van der Waals surface area contributed by atoms with E-state index in [0.717, 1.165) is 44.9 Å². The third-order valence-corrected chi connectivity index (χ3v) is 7.48. The Morgan fingerprint density at radius 3 is 1.89 bits per heavy atom. The normalized spacial score (nSPS) is 14.8. The number of hydrogen-bond donors (Lipinski definition) is 1. The third kappa shape index (κ3) is 15.0. The van der Waals surface area contributed by atoms with E-state index in [9.17, 15) is 14.4 Å². The van der Waals surface area contributed by atoms with Crippen LogP contribution in [-0.2, 0) is 9.59 Å². The lowest BCUT2D eigenvalue weighted by Crippen LogP contribution is -2.36. The number of urea groups is 1. The van der Waals surface area contributed by atoms with Gasteiger partial charge in [-0.15, -0.1) is 0 Å². The second-order valence-corrected chi connectivity index (χ2v) is 10.9. The molecule has 0 saturated carbocycles. The lowest BCUT2D eigenvalue weighted by atomic mass is 9.93. The quantitative estimate of drug-likeness (QED) is 0.104. The molecule has 0 spiro atoms. The van der Waals surface area contributed by atoms with Crippen molar-refractivity contribution in [3.8, 4) is 0 Å². The number of nitrogens with zero attached hydrogens (tertiary/aromatic N) is 2. The molecule has 0 aromatic rings. The summed E-state index contributed by atoms with van der Waals surface area (Å²) in [5.41, 5.74) is 5.66. The van der Waals surface area contributed by atoms with Gasteiger partial charge in [-0.1, -0.05) is 104 Å². The molecule has 1 aliphatic rings. The molecule has 1 fully saturated rings. The predicted octanol–water partition coefficient (Wildman–Crippen LogP) is 7.24. The fourth-order valence-corrected chi connectivity index (χ4v) is 5.18. The first-order chi connectivity index (χ1) is 17.5. The van der Waals surface area contributed by atoms with Gasteiger partial charge in [-0.05, 0) is 38.1 Å². The molecule has 1 aliphatic heterocycles. The summed E-state index contributed by atoms with van der Waals surface area (Å²) >= 11 is 0. The monoisotopic (exact) mass is 507 g/mol. The van der Waals surface area contributed by atoms with Gasteiger partial charge in [0.15, 0.2) is 0 Å². The zero-order chi connectivity index (χ0) is 26.4. The number of hydrogen-bond acceptors (Lipinski definition) is 4. The summed E-state index contributed by atoms with van der Waals surface area (Å²) in [4.78, 5) is 40.8. The molecule has 1 rings (SSSR count). The first-order valence-corrected chi connectivity index (χ1v) is 15.3. The van der Waals surface area contributed by atoms with E-state index in [2.05, 4.69) is 13.8 Å². The van der Waals surface area contributed by atoms with E-state index in [1.165, 1.54) is 75.5 Å². The van der Waals surface area contributed by atoms with E-state index in [1.807, 2.05) is 0 Å². The molecular weight excluding hydrogens is 450 g/mol. The van der Waals surface area contributed by atoms with Crippen LogP contribution in [0.2, 0.25) is 0 Å². The molecule has 0 aliphatic carbocycles. The molecule has 210 valence electrons. The fourth-order valence-electron chi connectivity index (χ4n) is 5.18. The highest BCUT2D eigenvalue weighted by Crippen LogP contribution is 2.21. The van der Waals surface area contributed by atoms with Crippen LogP contribution in [0.25, 0.3) is 0 Å². The molecule has 1 saturated heterocycles. The Labute approximate surface area is 222 Å². The zero-order valence-corrected chi connectivity index (χ0v) is 23.7. The Hall–Kier alpha value is -1.43. The highest BCUT2D eigenvalue weighted by molar-refractivity contribution is 6.02. The largest absolute Gasteiger partial charge is 0.330 e. The number of imide groups is 1. The molecule has 1 unspecified atom stereocenters. The Morgan fingerprint density at radius 2 is 1.33 bits per heavy atom. The van der Waals surface area contributed by atoms with E-state index in [-0.39, 0.29) is 24.4 Å². The van der Waals surface area contributed by atoms with E-state index < -0.39 is 0 Å². The Bertz CT molecular complexity index is 596. The van der Waals surface area contributed by atoms with Crippen LogP contribution in [0, 0.1) is 5.92 Å². The molecule has 6 heteroatoms. The predicted molar refractivity (Wildman–Crippen MR) is 150 cm³/mol. The molecule has 0 bridgehead atoms. The first kappa shape index (κ1) is 32.6. The maximum absolute atomic E-state index is 12.7. The van der Waals surface area contributed by atoms with Crippen molar-refractivity contribution >= 4 is 17.7 Å². The molecular formula is C30H57N3O3. The number of unbranched alkanes of at least 4 members (excludes halogenated alkanes) is 14. The van der Waals surface area contributed by atoms with Crippen molar-refractivity contribution in [3.63, 3.8) is 0 Å². The van der Waals surface area contributed by atoms with Crippen LogP contribution >= 0.6 is 0 Å². The van der Waals surface area contributed by atoms with Crippen molar-refractivity contribution in [3.05, 3.63) is 0 Å². The van der Waals surface area contributed by atoms with Gasteiger partial charge < -0.3 is 10.6 Å². The molecule has 0 radical (unpaired) electrons. The number of Topliss-reactive ketones (excluding diaryl/α,β-unsaturated/α-hetero) is 1. The lowest BCUT2D eigenvalue weighted by molar-refractivity contribution is -0.125. The number of ketones is 1. The summed E-state index contributed by atoms with van der Waals surface area (Å²) in [7, 11) is 0. The second-order valence-electron chi connectivity index (χ2n) is 10.9. The number of rotatable bonds is 25. The highest BCUT2D eigenvalue weighted by Gasteiger charge is 2.36. The first-order valence-electron chi connectivity index (χ1n) is 15.3. The maximum Gasteiger partial charge on any atom is 0.327 e. The summed E-state index contributed by atoms with van der Waals surface area (Å²) in [5.74, 6) is 0.318. The van der Waals surface area contributed by atoms with Crippen LogP contribution in [0.4, 0.5) is 4.79 Å². The van der Waals surface area contributed by atoms with Gasteiger partial charge >= 0.3 is 6.03 Å². The zero-order valence-electron chi connectivity index (χ0n) is 23.7. The van der Waals surface area contributed by atoms with E-state index in [0.29, 0.717) is 38.3 Å². The van der Waals surface area contributed by atoms with E-state index >= 15 is 0 Å². The third-order valence-electron chi connectivity index (χ3n) is 7.48. The van der Waals surface area contributed by atoms with Gasteiger partial charge in [0.05, 0.1) is 0 Å². The Kier molecular flexibility index (Phi) is 19.6. The molecule has 36 heavy (non-hydrogen) atoms. The van der Waals surface area contributed by atoms with Crippen LogP contribution < -0.4 is 5.73 Å². The second kappa shape index (κ2) is 21.6. The van der Waals surface area contributed by atoms with Gasteiger partial charge in [0.1, 0.15) is 12.3 Å². The van der Waals surface area contributed by atoms with Gasteiger partial charge in [0.2, 0.25) is 5.91 Å². The number of amides is 3. The van der Waals surface area contributed by atoms with Crippen LogP contribution in [-0.4, -0.2) is 53.7 Å². The Morgan fingerprint density at radius 1 is 0.778 bits per heavy atom. The average Bonchev–Trinajstić information content (AvgIpc) is 3.12. The van der Waals surface area contributed by atoms with E-state index in [4.69, 9.17) is 5.73 Å². The molecule has 6 nitrogen and oxygen atoms in total. The number of carbonyl (C=O) groups is 3. The van der Waals surface area contributed by atoms with Gasteiger partial charge in [0, 0.05) is 25.9 Å². The summed E-state index contributed by atoms with van der Waals surface area (Å²) in [6, 6.07) is -0.179. The molecule has 1 atom stereocenters. The topological polar surface area (TPSA) is 83.7 Å². The Balaban J connectivity index is 2.23. The summed E-state index contributed by atoms with van der Waals surface area (Å²) < 4.78 is 0. The van der Waals surface area contributed by atoms with Crippen molar-refractivity contribution in [2.24, 2.45) is 11.7 Å². The van der Waals surface area contributed by atoms with Crippen molar-refractivity contribution < 1.29 is 14.4 Å². The van der Waals surface area contributed by atoms with Crippen molar-refractivity contribution in [1.29, 1.82) is 0 Å². The minimum absolute atomic E-state index is 0.104. The summed E-state index contributed by atoms with van der Waals surface area (Å²) in [6.45, 7) is 6.12. The van der Waals surface area contributed by atoms with Gasteiger partial charge in [-0.2, -0.15) is 0 Å². The van der Waals surface area contributed by atoms with Crippen LogP contribution in [0.5, 0.6) is 0 Å². The standard InChI is InChI=1S/C30H57N3O3/c1-3-5-7-8-9-10-11-12-13-14-15-16-17-21-28(34)24-27(20-18-19-22-31)25-32-26-29(35)33(30(32)36)23-6-4-2/h27H,3-26,31H2,1-2H3. The summed E-state index contributed by atoms with van der Waals surface area (Å²) in [5, 5.41) is 0. The van der Waals surface area contributed by atoms with Crippen molar-refractivity contribution in [1.82, 2.24) is 9.80 Å². The van der Waals surface area contributed by atoms with E-state index in [1.54, 1.807) is 4.90 Å². The summed E-state index contributed by atoms with van der Waals surface area (Å²) in [6.07, 6.45) is 22.7. The number of carbonyl (C=O) groups excluding carboxylic acids is 3. The van der Waals surface area contributed by atoms with Crippen molar-refractivity contribution in [2.45, 2.75) is 142 Å². The smallest absolute Gasteiger partial charge is 0.327 e. The average molecular weight is 508 g/mol. The fraction of sp³-hybridized carbons (Fsp3) is 0.900. The molecule has 2 N–H and O–H groups in total. The van der Waals surface area contributed by atoms with Crippen LogP contribution in [0.15, 0.2) is 0 Å². The van der Waals surface area contributed by atoms with Gasteiger partial charge in [0.25, 0.3) is 0 Å². The van der Waals surface area contributed by atoms with Gasteiger partial charge in [-0.3, -0.25) is 14.5 Å². The van der Waals surface area contributed by atoms with Gasteiger partial charge in [-0.25, -0.2) is 4.79 Å².